The first-order valence-electron chi connectivity index (χ1n) is 6.79. The first kappa shape index (κ1) is 14.8. The fourth-order valence-corrected chi connectivity index (χ4v) is 3.20. The summed E-state index contributed by atoms with van der Waals surface area (Å²) in [6.45, 7) is 7.13. The zero-order valence-corrected chi connectivity index (χ0v) is 12.5. The molecule has 0 spiro atoms. The molecule has 1 saturated carbocycles. The molecule has 6 heteroatoms. The van der Waals surface area contributed by atoms with E-state index in [2.05, 4.69) is 0 Å². The second kappa shape index (κ2) is 4.75. The maximum absolute atomic E-state index is 12.3. The van der Waals surface area contributed by atoms with Crippen LogP contribution in [0.15, 0.2) is 0 Å². The highest BCUT2D eigenvalue weighted by molar-refractivity contribution is 5.96. The predicted octanol–water partition coefficient (Wildman–Crippen LogP) is 1.37. The van der Waals surface area contributed by atoms with Gasteiger partial charge in [-0.25, -0.2) is 9.59 Å². The fraction of sp³-hybridized carbons (Fsp3) is 0.786. The van der Waals surface area contributed by atoms with E-state index in [-0.39, 0.29) is 17.6 Å². The monoisotopic (exact) mass is 283 g/mol. The van der Waals surface area contributed by atoms with Crippen LogP contribution in [0.25, 0.3) is 0 Å². The standard InChI is InChI=1S/C14H21NO5/c1-7-8-6-9(16)10(7)15(11(8)12(17)19-5)13(18)20-14(2,3)4/h7-8,10-11H,6H2,1-5H3/t7-,8+,10+,11+/m0/s1. The van der Waals surface area contributed by atoms with Crippen molar-refractivity contribution in [1.29, 1.82) is 0 Å². The molecule has 0 aromatic heterocycles. The summed E-state index contributed by atoms with van der Waals surface area (Å²) in [6, 6.07) is -1.29. The van der Waals surface area contributed by atoms with Gasteiger partial charge < -0.3 is 9.47 Å². The number of fused-ring (bicyclic) bond motifs is 2. The van der Waals surface area contributed by atoms with Gasteiger partial charge in [0.25, 0.3) is 0 Å². The van der Waals surface area contributed by atoms with Crippen LogP contribution in [-0.4, -0.2) is 47.5 Å². The molecule has 2 fully saturated rings. The summed E-state index contributed by atoms with van der Waals surface area (Å²) in [5, 5.41) is 0. The average molecular weight is 283 g/mol. The predicted molar refractivity (Wildman–Crippen MR) is 69.9 cm³/mol. The third-order valence-corrected chi connectivity index (χ3v) is 3.99. The van der Waals surface area contributed by atoms with E-state index in [1.807, 2.05) is 6.92 Å². The molecule has 1 saturated heterocycles. The quantitative estimate of drug-likeness (QED) is 0.680. The third kappa shape index (κ3) is 2.27. The normalized spacial score (nSPS) is 32.5. The largest absolute Gasteiger partial charge is 0.467 e. The Balaban J connectivity index is 2.30. The van der Waals surface area contributed by atoms with E-state index < -0.39 is 29.7 Å². The summed E-state index contributed by atoms with van der Waals surface area (Å²) >= 11 is 0. The van der Waals surface area contributed by atoms with Gasteiger partial charge in [-0.05, 0) is 26.7 Å². The van der Waals surface area contributed by atoms with Gasteiger partial charge in [0.2, 0.25) is 0 Å². The number of ketones is 1. The number of likely N-dealkylation sites (tertiary alicyclic amines) is 1. The van der Waals surface area contributed by atoms with Crippen LogP contribution in [0.1, 0.15) is 34.1 Å². The van der Waals surface area contributed by atoms with E-state index in [0.29, 0.717) is 6.42 Å². The lowest BCUT2D eigenvalue weighted by Crippen LogP contribution is -2.54. The smallest absolute Gasteiger partial charge is 0.411 e. The minimum absolute atomic E-state index is 0.00601. The van der Waals surface area contributed by atoms with Crippen LogP contribution >= 0.6 is 0 Å². The van der Waals surface area contributed by atoms with E-state index >= 15 is 0 Å². The minimum Gasteiger partial charge on any atom is -0.467 e. The summed E-state index contributed by atoms with van der Waals surface area (Å²) in [7, 11) is 1.29. The van der Waals surface area contributed by atoms with Crippen LogP contribution < -0.4 is 0 Å². The molecular formula is C14H21NO5. The van der Waals surface area contributed by atoms with Crippen molar-refractivity contribution in [2.75, 3.05) is 7.11 Å². The van der Waals surface area contributed by atoms with Crippen molar-refractivity contribution in [2.24, 2.45) is 11.8 Å². The molecule has 1 amide bonds. The van der Waals surface area contributed by atoms with Crippen molar-refractivity contribution < 1.29 is 23.9 Å². The summed E-state index contributed by atoms with van der Waals surface area (Å²) in [6.07, 6.45) is -0.300. The second-order valence-electron chi connectivity index (χ2n) is 6.49. The van der Waals surface area contributed by atoms with Crippen LogP contribution in [0.2, 0.25) is 0 Å². The lowest BCUT2D eigenvalue weighted by molar-refractivity contribution is -0.149. The van der Waals surface area contributed by atoms with Gasteiger partial charge in [0, 0.05) is 12.3 Å². The number of amides is 1. The molecule has 20 heavy (non-hydrogen) atoms. The third-order valence-electron chi connectivity index (χ3n) is 3.99. The van der Waals surface area contributed by atoms with Crippen molar-refractivity contribution in [2.45, 2.75) is 51.8 Å². The number of methoxy groups -OCH3 is 1. The van der Waals surface area contributed by atoms with E-state index in [9.17, 15) is 14.4 Å². The molecule has 0 radical (unpaired) electrons. The summed E-state index contributed by atoms with van der Waals surface area (Å²) in [4.78, 5) is 37.5. The van der Waals surface area contributed by atoms with Crippen LogP contribution in [0.5, 0.6) is 0 Å². The van der Waals surface area contributed by atoms with E-state index in [1.165, 1.54) is 12.0 Å². The Morgan fingerprint density at radius 2 is 1.90 bits per heavy atom. The van der Waals surface area contributed by atoms with Gasteiger partial charge in [-0.3, -0.25) is 9.69 Å². The maximum Gasteiger partial charge on any atom is 0.411 e. The van der Waals surface area contributed by atoms with Crippen LogP contribution in [0, 0.1) is 11.8 Å². The summed E-state index contributed by atoms with van der Waals surface area (Å²) < 4.78 is 10.1. The van der Waals surface area contributed by atoms with Gasteiger partial charge >= 0.3 is 12.1 Å². The number of ether oxygens (including phenoxy) is 2. The Labute approximate surface area is 118 Å². The Morgan fingerprint density at radius 1 is 1.30 bits per heavy atom. The molecule has 1 aliphatic heterocycles. The van der Waals surface area contributed by atoms with Gasteiger partial charge in [0.15, 0.2) is 5.78 Å². The van der Waals surface area contributed by atoms with Crippen molar-refractivity contribution in [3.8, 4) is 0 Å². The molecule has 0 unspecified atom stereocenters. The number of nitrogens with zero attached hydrogens (tertiary/aromatic N) is 1. The Kier molecular flexibility index (Phi) is 3.52. The molecule has 112 valence electrons. The number of Topliss-reactive ketones (excluding diaryl/α,β-unsaturated/α-hetero) is 1. The highest BCUT2D eigenvalue weighted by Crippen LogP contribution is 2.45. The second-order valence-corrected chi connectivity index (χ2v) is 6.49. The van der Waals surface area contributed by atoms with Gasteiger partial charge in [-0.2, -0.15) is 0 Å². The first-order chi connectivity index (χ1) is 9.17. The summed E-state index contributed by atoms with van der Waals surface area (Å²) in [5.74, 6) is -0.706. The Morgan fingerprint density at radius 3 is 2.40 bits per heavy atom. The van der Waals surface area contributed by atoms with E-state index in [0.717, 1.165) is 0 Å². The number of carbonyl (C=O) groups is 3. The summed E-state index contributed by atoms with van der Waals surface area (Å²) in [5.41, 5.74) is -0.675. The molecule has 2 bridgehead atoms. The number of hydrogen-bond donors (Lipinski definition) is 0. The first-order valence-corrected chi connectivity index (χ1v) is 6.79. The molecule has 0 aromatic carbocycles. The molecule has 4 atom stereocenters. The highest BCUT2D eigenvalue weighted by atomic mass is 16.6. The van der Waals surface area contributed by atoms with E-state index in [4.69, 9.17) is 9.47 Å². The van der Waals surface area contributed by atoms with Crippen molar-refractivity contribution in [3.63, 3.8) is 0 Å². The van der Waals surface area contributed by atoms with Crippen molar-refractivity contribution in [1.82, 2.24) is 4.90 Å². The van der Waals surface area contributed by atoms with Crippen molar-refractivity contribution >= 4 is 17.8 Å². The zero-order valence-electron chi connectivity index (χ0n) is 12.5. The number of carbonyl (C=O) groups excluding carboxylic acids is 3. The van der Waals surface area contributed by atoms with Gasteiger partial charge in [-0.15, -0.1) is 0 Å². The van der Waals surface area contributed by atoms with Gasteiger partial charge in [0.1, 0.15) is 11.6 Å². The maximum atomic E-state index is 12.3. The zero-order chi connectivity index (χ0) is 15.2. The number of rotatable bonds is 1. The highest BCUT2D eigenvalue weighted by Gasteiger charge is 2.61. The number of hydrogen-bond acceptors (Lipinski definition) is 5. The molecular weight excluding hydrogens is 262 g/mol. The Bertz CT molecular complexity index is 453. The minimum atomic E-state index is -0.715. The number of esters is 1. The molecule has 0 N–H and O–H groups in total. The molecule has 1 aliphatic carbocycles. The molecule has 2 aliphatic rings. The molecule has 1 heterocycles. The van der Waals surface area contributed by atoms with Crippen LogP contribution in [0.3, 0.4) is 0 Å². The molecule has 0 aromatic rings. The van der Waals surface area contributed by atoms with Crippen molar-refractivity contribution in [3.05, 3.63) is 0 Å². The lowest BCUT2D eigenvalue weighted by Gasteiger charge is -2.34. The molecule has 6 nitrogen and oxygen atoms in total. The molecule has 2 rings (SSSR count). The topological polar surface area (TPSA) is 72.9 Å². The van der Waals surface area contributed by atoms with Crippen LogP contribution in [-0.2, 0) is 19.1 Å². The van der Waals surface area contributed by atoms with Gasteiger partial charge in [0.05, 0.1) is 13.2 Å². The number of piperidine rings is 1. The lowest BCUT2D eigenvalue weighted by atomic mass is 9.93. The van der Waals surface area contributed by atoms with Gasteiger partial charge in [-0.1, -0.05) is 6.92 Å². The average Bonchev–Trinajstić information content (AvgIpc) is 2.75. The SMILES string of the molecule is COC(=O)[C@H]1[C@@H]2CC(=O)[C@@H]([C@H]2C)N1C(=O)OC(C)(C)C. The Hall–Kier alpha value is -1.59. The van der Waals surface area contributed by atoms with E-state index in [1.54, 1.807) is 20.8 Å². The van der Waals surface area contributed by atoms with Crippen LogP contribution in [0.4, 0.5) is 4.79 Å². The fourth-order valence-electron chi connectivity index (χ4n) is 3.20.